The Morgan fingerprint density at radius 2 is 1.73 bits per heavy atom. The number of hydrogen-bond donors (Lipinski definition) is 0. The molecule has 22 heavy (non-hydrogen) atoms. The summed E-state index contributed by atoms with van der Waals surface area (Å²) in [6, 6.07) is 0. The van der Waals surface area contributed by atoms with Crippen LogP contribution in [0.4, 0.5) is 0 Å². The molecule has 5 heteroatoms. The van der Waals surface area contributed by atoms with E-state index >= 15 is 0 Å². The zero-order chi connectivity index (χ0) is 14.9. The van der Waals surface area contributed by atoms with E-state index in [1.54, 1.807) is 6.20 Å². The van der Waals surface area contributed by atoms with E-state index in [1.165, 1.54) is 36.9 Å². The highest BCUT2D eigenvalue weighted by atomic mass is 16.2. The molecule has 0 saturated carbocycles. The van der Waals surface area contributed by atoms with Crippen LogP contribution in [-0.2, 0) is 12.8 Å². The molecule has 2 aromatic heterocycles. The third-order valence-corrected chi connectivity index (χ3v) is 4.95. The summed E-state index contributed by atoms with van der Waals surface area (Å²) in [5.41, 5.74) is 3.92. The lowest BCUT2D eigenvalue weighted by Gasteiger charge is -2.20. The van der Waals surface area contributed by atoms with Crippen LogP contribution in [0.25, 0.3) is 5.65 Å². The van der Waals surface area contributed by atoms with Crippen molar-refractivity contribution in [3.63, 3.8) is 0 Å². The number of carbonyl (C=O) groups excluding carboxylic acids is 1. The Morgan fingerprint density at radius 1 is 0.955 bits per heavy atom. The number of fused-ring (bicyclic) bond motifs is 3. The van der Waals surface area contributed by atoms with Crippen LogP contribution in [0, 0.1) is 0 Å². The molecule has 0 bridgehead atoms. The second-order valence-electron chi connectivity index (χ2n) is 6.44. The standard InChI is InChI=1S/C17H22N4O/c22-17(20-9-5-1-2-6-10-20)14-12-19-21-15-8-4-3-7-13(15)11-18-16(14)21/h11-12H,1-10H2. The molecule has 5 nitrogen and oxygen atoms in total. The van der Waals surface area contributed by atoms with Gasteiger partial charge in [0.15, 0.2) is 5.65 Å². The fourth-order valence-corrected chi connectivity index (χ4v) is 3.69. The van der Waals surface area contributed by atoms with Crippen LogP contribution in [-0.4, -0.2) is 38.5 Å². The SMILES string of the molecule is O=C(c1cnn2c3c(cnc12)CCCC3)N1CCCCCC1. The minimum Gasteiger partial charge on any atom is -0.338 e. The molecule has 0 spiro atoms. The van der Waals surface area contributed by atoms with Gasteiger partial charge in [0.25, 0.3) is 5.91 Å². The third kappa shape index (κ3) is 2.28. The van der Waals surface area contributed by atoms with Gasteiger partial charge in [0.05, 0.1) is 6.20 Å². The Kier molecular flexibility index (Phi) is 3.56. The van der Waals surface area contributed by atoms with Crippen molar-refractivity contribution in [2.75, 3.05) is 13.1 Å². The van der Waals surface area contributed by atoms with Gasteiger partial charge in [-0.1, -0.05) is 12.8 Å². The first-order valence-corrected chi connectivity index (χ1v) is 8.48. The van der Waals surface area contributed by atoms with E-state index in [-0.39, 0.29) is 5.91 Å². The van der Waals surface area contributed by atoms with Crippen molar-refractivity contribution in [1.29, 1.82) is 0 Å². The minimum absolute atomic E-state index is 0.0974. The monoisotopic (exact) mass is 298 g/mol. The topological polar surface area (TPSA) is 50.5 Å². The highest BCUT2D eigenvalue weighted by molar-refractivity contribution is 5.99. The van der Waals surface area contributed by atoms with Crippen LogP contribution in [0.5, 0.6) is 0 Å². The van der Waals surface area contributed by atoms with Gasteiger partial charge >= 0.3 is 0 Å². The molecule has 0 unspecified atom stereocenters. The fourth-order valence-electron chi connectivity index (χ4n) is 3.69. The number of aromatic nitrogens is 3. The second-order valence-corrected chi connectivity index (χ2v) is 6.44. The number of rotatable bonds is 1. The average molecular weight is 298 g/mol. The lowest BCUT2D eigenvalue weighted by molar-refractivity contribution is 0.0763. The fraction of sp³-hybridized carbons (Fsp3) is 0.588. The minimum atomic E-state index is 0.0974. The van der Waals surface area contributed by atoms with E-state index in [1.807, 2.05) is 15.6 Å². The Morgan fingerprint density at radius 3 is 2.55 bits per heavy atom. The van der Waals surface area contributed by atoms with E-state index in [4.69, 9.17) is 0 Å². The van der Waals surface area contributed by atoms with Crippen molar-refractivity contribution in [3.8, 4) is 0 Å². The van der Waals surface area contributed by atoms with Crippen molar-refractivity contribution in [1.82, 2.24) is 19.5 Å². The van der Waals surface area contributed by atoms with Crippen LogP contribution in [0.15, 0.2) is 12.4 Å². The maximum absolute atomic E-state index is 12.8. The molecule has 1 saturated heterocycles. The summed E-state index contributed by atoms with van der Waals surface area (Å²) < 4.78 is 1.90. The van der Waals surface area contributed by atoms with E-state index in [2.05, 4.69) is 10.1 Å². The lowest BCUT2D eigenvalue weighted by atomic mass is 9.97. The smallest absolute Gasteiger partial charge is 0.259 e. The van der Waals surface area contributed by atoms with Gasteiger partial charge in [-0.15, -0.1) is 0 Å². The molecular formula is C17H22N4O. The zero-order valence-corrected chi connectivity index (χ0v) is 12.9. The summed E-state index contributed by atoms with van der Waals surface area (Å²) in [7, 11) is 0. The molecule has 3 heterocycles. The van der Waals surface area contributed by atoms with E-state index in [0.29, 0.717) is 5.56 Å². The maximum atomic E-state index is 12.8. The van der Waals surface area contributed by atoms with Crippen LogP contribution >= 0.6 is 0 Å². The zero-order valence-electron chi connectivity index (χ0n) is 12.9. The first-order chi connectivity index (χ1) is 10.8. The number of nitrogens with zero attached hydrogens (tertiary/aromatic N) is 4. The van der Waals surface area contributed by atoms with Gasteiger partial charge < -0.3 is 4.90 Å². The van der Waals surface area contributed by atoms with Crippen molar-refractivity contribution in [2.45, 2.75) is 51.4 Å². The van der Waals surface area contributed by atoms with Crippen LogP contribution in [0.2, 0.25) is 0 Å². The quantitative estimate of drug-likeness (QED) is 0.813. The lowest BCUT2D eigenvalue weighted by Crippen LogP contribution is -2.31. The van der Waals surface area contributed by atoms with Crippen LogP contribution in [0.1, 0.15) is 60.1 Å². The first-order valence-electron chi connectivity index (χ1n) is 8.48. The second kappa shape index (κ2) is 5.71. The number of likely N-dealkylation sites (tertiary alicyclic amines) is 1. The molecule has 1 aliphatic heterocycles. The normalized spacial score (nSPS) is 19.0. The summed E-state index contributed by atoms with van der Waals surface area (Å²) in [4.78, 5) is 19.4. The van der Waals surface area contributed by atoms with Gasteiger partial charge in [-0.05, 0) is 44.1 Å². The van der Waals surface area contributed by atoms with E-state index < -0.39 is 0 Å². The van der Waals surface area contributed by atoms with Crippen LogP contribution in [0.3, 0.4) is 0 Å². The van der Waals surface area contributed by atoms with Crippen molar-refractivity contribution < 1.29 is 4.79 Å². The van der Waals surface area contributed by atoms with Gasteiger partial charge in [0.2, 0.25) is 0 Å². The molecule has 0 N–H and O–H groups in total. The summed E-state index contributed by atoms with van der Waals surface area (Å²) in [5.74, 6) is 0.0974. The Balaban J connectivity index is 1.71. The summed E-state index contributed by atoms with van der Waals surface area (Å²) in [6.45, 7) is 1.72. The number of amides is 1. The summed E-state index contributed by atoms with van der Waals surface area (Å²) in [5, 5.41) is 4.48. The number of carbonyl (C=O) groups is 1. The Hall–Kier alpha value is -1.91. The third-order valence-electron chi connectivity index (χ3n) is 4.95. The van der Waals surface area contributed by atoms with E-state index in [9.17, 15) is 4.79 Å². The molecule has 116 valence electrons. The summed E-state index contributed by atoms with van der Waals surface area (Å²) >= 11 is 0. The molecule has 1 aliphatic carbocycles. The molecule has 0 aromatic carbocycles. The molecule has 1 fully saturated rings. The van der Waals surface area contributed by atoms with Crippen molar-refractivity contribution in [3.05, 3.63) is 29.2 Å². The van der Waals surface area contributed by atoms with Gasteiger partial charge in [0, 0.05) is 25.0 Å². The van der Waals surface area contributed by atoms with E-state index in [0.717, 1.165) is 44.4 Å². The highest BCUT2D eigenvalue weighted by Gasteiger charge is 2.23. The molecular weight excluding hydrogens is 276 g/mol. The number of aryl methyl sites for hydroxylation is 2. The Labute approximate surface area is 130 Å². The average Bonchev–Trinajstić information content (AvgIpc) is 2.81. The molecule has 2 aliphatic rings. The van der Waals surface area contributed by atoms with Crippen molar-refractivity contribution in [2.24, 2.45) is 0 Å². The van der Waals surface area contributed by atoms with Crippen LogP contribution < -0.4 is 0 Å². The molecule has 1 amide bonds. The number of hydrogen-bond acceptors (Lipinski definition) is 3. The van der Waals surface area contributed by atoms with Gasteiger partial charge in [-0.3, -0.25) is 4.79 Å². The van der Waals surface area contributed by atoms with Crippen molar-refractivity contribution >= 4 is 11.6 Å². The van der Waals surface area contributed by atoms with Gasteiger partial charge in [-0.25, -0.2) is 9.50 Å². The molecule has 4 rings (SSSR count). The molecule has 0 radical (unpaired) electrons. The first kappa shape index (κ1) is 13.7. The van der Waals surface area contributed by atoms with Gasteiger partial charge in [-0.2, -0.15) is 5.10 Å². The Bertz CT molecular complexity index is 698. The molecule has 2 aromatic rings. The predicted octanol–water partition coefficient (Wildman–Crippen LogP) is 2.62. The largest absolute Gasteiger partial charge is 0.338 e. The predicted molar refractivity (Wildman–Crippen MR) is 84.0 cm³/mol. The van der Waals surface area contributed by atoms with Gasteiger partial charge in [0.1, 0.15) is 5.56 Å². The summed E-state index contributed by atoms with van der Waals surface area (Å²) in [6.07, 6.45) is 12.9. The maximum Gasteiger partial charge on any atom is 0.259 e. The molecule has 0 atom stereocenters. The highest BCUT2D eigenvalue weighted by Crippen LogP contribution is 2.23.